The quantitative estimate of drug-likeness (QED) is 0.651. The zero-order valence-corrected chi connectivity index (χ0v) is 11.4. The van der Waals surface area contributed by atoms with Crippen molar-refractivity contribution in [3.05, 3.63) is 34.9 Å². The van der Waals surface area contributed by atoms with E-state index >= 15 is 0 Å². The van der Waals surface area contributed by atoms with Crippen molar-refractivity contribution in [2.45, 2.75) is 44.9 Å². The lowest BCUT2D eigenvalue weighted by Crippen LogP contribution is -2.33. The van der Waals surface area contributed by atoms with E-state index in [4.69, 9.17) is 5.26 Å². The van der Waals surface area contributed by atoms with Crippen LogP contribution in [0.4, 0.5) is 0 Å². The molecule has 0 unspecified atom stereocenters. The second kappa shape index (κ2) is 5.54. The van der Waals surface area contributed by atoms with E-state index in [1.807, 2.05) is 0 Å². The monoisotopic (exact) mass is 242 g/mol. The SMILES string of the molecule is CC(C)(CNCC#N)c1ccc2c(c1)CCCC2. The zero-order chi connectivity index (χ0) is 13.0. The number of nitrogens with one attached hydrogen (secondary N) is 1. The van der Waals surface area contributed by atoms with Gasteiger partial charge >= 0.3 is 0 Å². The second-order valence-electron chi connectivity index (χ2n) is 5.84. The molecule has 0 fully saturated rings. The van der Waals surface area contributed by atoms with Gasteiger partial charge in [0.05, 0.1) is 12.6 Å². The molecule has 0 saturated carbocycles. The first kappa shape index (κ1) is 13.1. The highest BCUT2D eigenvalue weighted by Crippen LogP contribution is 2.28. The second-order valence-corrected chi connectivity index (χ2v) is 5.84. The summed E-state index contributed by atoms with van der Waals surface area (Å²) in [6, 6.07) is 9.07. The summed E-state index contributed by atoms with van der Waals surface area (Å²) in [4.78, 5) is 0. The predicted octanol–water partition coefficient (Wildman–Crippen LogP) is 2.96. The van der Waals surface area contributed by atoms with Gasteiger partial charge in [0.1, 0.15) is 0 Å². The number of nitriles is 1. The molecule has 1 aromatic carbocycles. The Hall–Kier alpha value is -1.33. The van der Waals surface area contributed by atoms with Crippen molar-refractivity contribution in [3.8, 4) is 6.07 Å². The lowest BCUT2D eigenvalue weighted by atomic mass is 9.81. The van der Waals surface area contributed by atoms with Crippen LogP contribution >= 0.6 is 0 Å². The number of hydrogen-bond acceptors (Lipinski definition) is 2. The van der Waals surface area contributed by atoms with E-state index in [0.29, 0.717) is 6.54 Å². The Labute approximate surface area is 110 Å². The number of fused-ring (bicyclic) bond motifs is 1. The van der Waals surface area contributed by atoms with Gasteiger partial charge in [0.2, 0.25) is 0 Å². The average molecular weight is 242 g/mol. The highest BCUT2D eigenvalue weighted by molar-refractivity contribution is 5.37. The molecule has 1 aromatic rings. The van der Waals surface area contributed by atoms with E-state index in [0.717, 1.165) is 6.54 Å². The molecule has 0 aliphatic heterocycles. The molecule has 2 rings (SSSR count). The summed E-state index contributed by atoms with van der Waals surface area (Å²) in [5, 5.41) is 11.8. The molecule has 2 heteroatoms. The minimum Gasteiger partial charge on any atom is -0.304 e. The van der Waals surface area contributed by atoms with Crippen LogP contribution in [0.3, 0.4) is 0 Å². The van der Waals surface area contributed by atoms with E-state index < -0.39 is 0 Å². The third-order valence-corrected chi connectivity index (χ3v) is 3.90. The third-order valence-electron chi connectivity index (χ3n) is 3.90. The Morgan fingerprint density at radius 3 is 2.67 bits per heavy atom. The maximum absolute atomic E-state index is 8.58. The van der Waals surface area contributed by atoms with Gasteiger partial charge in [-0.2, -0.15) is 5.26 Å². The number of aryl methyl sites for hydroxylation is 2. The summed E-state index contributed by atoms with van der Waals surface area (Å²) in [6.07, 6.45) is 5.12. The third kappa shape index (κ3) is 2.91. The first-order chi connectivity index (χ1) is 8.63. The fourth-order valence-electron chi connectivity index (χ4n) is 2.69. The van der Waals surface area contributed by atoms with Gasteiger partial charge < -0.3 is 5.32 Å². The normalized spacial score (nSPS) is 14.9. The van der Waals surface area contributed by atoms with Crippen LogP contribution in [0.15, 0.2) is 18.2 Å². The Bertz CT molecular complexity index is 455. The van der Waals surface area contributed by atoms with Gasteiger partial charge in [-0.05, 0) is 42.4 Å². The molecule has 0 amide bonds. The molecule has 2 nitrogen and oxygen atoms in total. The zero-order valence-electron chi connectivity index (χ0n) is 11.4. The smallest absolute Gasteiger partial charge is 0.0841 e. The maximum Gasteiger partial charge on any atom is 0.0841 e. The van der Waals surface area contributed by atoms with Crippen LogP contribution in [0, 0.1) is 11.3 Å². The van der Waals surface area contributed by atoms with Crippen molar-refractivity contribution in [2.24, 2.45) is 0 Å². The maximum atomic E-state index is 8.58. The van der Waals surface area contributed by atoms with Crippen molar-refractivity contribution in [1.29, 1.82) is 5.26 Å². The van der Waals surface area contributed by atoms with Gasteiger partial charge in [-0.1, -0.05) is 32.0 Å². The molecule has 0 spiro atoms. The average Bonchev–Trinajstić information content (AvgIpc) is 2.38. The van der Waals surface area contributed by atoms with E-state index in [-0.39, 0.29) is 5.41 Å². The van der Waals surface area contributed by atoms with Crippen LogP contribution in [0.25, 0.3) is 0 Å². The fourth-order valence-corrected chi connectivity index (χ4v) is 2.69. The van der Waals surface area contributed by atoms with E-state index in [1.165, 1.54) is 42.4 Å². The van der Waals surface area contributed by atoms with E-state index in [9.17, 15) is 0 Å². The fraction of sp³-hybridized carbons (Fsp3) is 0.562. The summed E-state index contributed by atoms with van der Waals surface area (Å²) < 4.78 is 0. The lowest BCUT2D eigenvalue weighted by Gasteiger charge is -2.27. The van der Waals surface area contributed by atoms with E-state index in [1.54, 1.807) is 0 Å². The summed E-state index contributed by atoms with van der Waals surface area (Å²) in [6.45, 7) is 5.75. The first-order valence-electron chi connectivity index (χ1n) is 6.83. The van der Waals surface area contributed by atoms with Crippen LogP contribution in [-0.4, -0.2) is 13.1 Å². The molecule has 0 atom stereocenters. The van der Waals surface area contributed by atoms with Crippen LogP contribution in [0.2, 0.25) is 0 Å². The van der Waals surface area contributed by atoms with Crippen LogP contribution in [0.1, 0.15) is 43.4 Å². The van der Waals surface area contributed by atoms with Crippen molar-refractivity contribution >= 4 is 0 Å². The Morgan fingerprint density at radius 2 is 1.94 bits per heavy atom. The number of nitrogens with zero attached hydrogens (tertiary/aromatic N) is 1. The molecular weight excluding hydrogens is 220 g/mol. The summed E-state index contributed by atoms with van der Waals surface area (Å²) in [5.74, 6) is 0. The molecule has 1 aliphatic rings. The van der Waals surface area contributed by atoms with E-state index in [2.05, 4.69) is 43.4 Å². The Balaban J connectivity index is 2.14. The van der Waals surface area contributed by atoms with Crippen molar-refractivity contribution in [1.82, 2.24) is 5.32 Å². The number of benzene rings is 1. The largest absolute Gasteiger partial charge is 0.304 e. The van der Waals surface area contributed by atoms with Crippen LogP contribution in [0.5, 0.6) is 0 Å². The molecule has 0 bridgehead atoms. The standard InChI is InChI=1S/C16H22N2/c1-16(2,12-18-10-9-17)15-8-7-13-5-3-4-6-14(13)11-15/h7-8,11,18H,3-6,10,12H2,1-2H3. The Morgan fingerprint density at radius 1 is 1.22 bits per heavy atom. The van der Waals surface area contributed by atoms with Gasteiger partial charge in [0, 0.05) is 12.0 Å². The van der Waals surface area contributed by atoms with Gasteiger partial charge in [-0.3, -0.25) is 0 Å². The minimum absolute atomic E-state index is 0.0866. The summed E-state index contributed by atoms with van der Waals surface area (Å²) in [5.41, 5.74) is 4.54. The number of hydrogen-bond donors (Lipinski definition) is 1. The molecule has 0 aromatic heterocycles. The molecule has 0 heterocycles. The molecule has 18 heavy (non-hydrogen) atoms. The topological polar surface area (TPSA) is 35.8 Å². The highest BCUT2D eigenvalue weighted by Gasteiger charge is 2.21. The predicted molar refractivity (Wildman–Crippen MR) is 74.6 cm³/mol. The van der Waals surface area contributed by atoms with Gasteiger partial charge in [0.25, 0.3) is 0 Å². The molecule has 1 aliphatic carbocycles. The molecule has 0 saturated heterocycles. The summed E-state index contributed by atoms with van der Waals surface area (Å²) in [7, 11) is 0. The van der Waals surface area contributed by atoms with Gasteiger partial charge in [0.15, 0.2) is 0 Å². The molecule has 96 valence electrons. The van der Waals surface area contributed by atoms with Gasteiger partial charge in [-0.25, -0.2) is 0 Å². The number of rotatable bonds is 4. The first-order valence-corrected chi connectivity index (χ1v) is 6.83. The summed E-state index contributed by atoms with van der Waals surface area (Å²) >= 11 is 0. The highest BCUT2D eigenvalue weighted by atomic mass is 14.9. The molecule has 0 radical (unpaired) electrons. The minimum atomic E-state index is 0.0866. The van der Waals surface area contributed by atoms with Crippen molar-refractivity contribution in [3.63, 3.8) is 0 Å². The van der Waals surface area contributed by atoms with Crippen LogP contribution < -0.4 is 5.32 Å². The van der Waals surface area contributed by atoms with Crippen molar-refractivity contribution < 1.29 is 0 Å². The molecule has 1 N–H and O–H groups in total. The van der Waals surface area contributed by atoms with Gasteiger partial charge in [-0.15, -0.1) is 0 Å². The lowest BCUT2D eigenvalue weighted by molar-refractivity contribution is 0.483. The molecular formula is C16H22N2. The van der Waals surface area contributed by atoms with Crippen molar-refractivity contribution in [2.75, 3.05) is 13.1 Å². The Kier molecular flexibility index (Phi) is 4.04. The van der Waals surface area contributed by atoms with Crippen LogP contribution in [-0.2, 0) is 18.3 Å².